The van der Waals surface area contributed by atoms with E-state index in [1.807, 2.05) is 0 Å². The summed E-state index contributed by atoms with van der Waals surface area (Å²) in [7, 11) is -3.51. The van der Waals surface area contributed by atoms with Crippen molar-refractivity contribution in [3.8, 4) is 11.1 Å². The highest BCUT2D eigenvalue weighted by Gasteiger charge is 2.74. The number of sulfone groups is 1. The van der Waals surface area contributed by atoms with Crippen LogP contribution in [0.1, 0.15) is 18.0 Å². The number of hydrogen-bond acceptors (Lipinski definition) is 5. The standard InChI is InChI=1S/C25H18ClF7N2O3S/c1-39(37,38)16-9-6-14(7-10-16)17-11-8-15(12-19(17)27)21-13-22(23(36,24(28,29)30)25(31,32)33)34-35(21)20-5-3-2-4-18(20)26/h2-12,21,36H,13H2,1H3. The van der Waals surface area contributed by atoms with Crippen LogP contribution in [0.15, 0.2) is 76.7 Å². The van der Waals surface area contributed by atoms with Crippen molar-refractivity contribution in [2.24, 2.45) is 5.10 Å². The molecule has 208 valence electrons. The molecule has 39 heavy (non-hydrogen) atoms. The average molecular weight is 595 g/mol. The van der Waals surface area contributed by atoms with Crippen molar-refractivity contribution < 1.29 is 44.3 Å². The predicted molar refractivity (Wildman–Crippen MR) is 131 cm³/mol. The van der Waals surface area contributed by atoms with E-state index in [-0.39, 0.29) is 32.3 Å². The smallest absolute Gasteiger partial charge is 0.369 e. The van der Waals surface area contributed by atoms with Gasteiger partial charge in [0, 0.05) is 18.2 Å². The lowest BCUT2D eigenvalue weighted by atomic mass is 9.89. The Kier molecular flexibility index (Phi) is 7.24. The zero-order valence-electron chi connectivity index (χ0n) is 19.7. The van der Waals surface area contributed by atoms with Gasteiger partial charge in [-0.15, -0.1) is 0 Å². The molecular formula is C25H18ClF7N2O3S. The molecule has 0 aromatic heterocycles. The fourth-order valence-electron chi connectivity index (χ4n) is 4.19. The first kappa shape index (κ1) is 28.8. The van der Waals surface area contributed by atoms with Crippen molar-refractivity contribution >= 4 is 32.8 Å². The summed E-state index contributed by atoms with van der Waals surface area (Å²) in [5, 5.41) is 14.2. The number of para-hydroxylation sites is 1. The number of aliphatic hydroxyl groups is 1. The molecule has 0 amide bonds. The van der Waals surface area contributed by atoms with Crippen LogP contribution in [-0.2, 0) is 9.84 Å². The molecule has 0 saturated carbocycles. The molecule has 0 radical (unpaired) electrons. The van der Waals surface area contributed by atoms with Gasteiger partial charge in [-0.05, 0) is 41.5 Å². The Bertz CT molecular complexity index is 1520. The van der Waals surface area contributed by atoms with Crippen LogP contribution in [0.2, 0.25) is 5.02 Å². The highest BCUT2D eigenvalue weighted by Crippen LogP contribution is 2.49. The minimum atomic E-state index is -6.15. The molecule has 0 saturated heterocycles. The first-order chi connectivity index (χ1) is 17.9. The van der Waals surface area contributed by atoms with Crippen molar-refractivity contribution in [2.75, 3.05) is 11.3 Å². The third-order valence-corrected chi connectivity index (χ3v) is 7.67. The summed E-state index contributed by atoms with van der Waals surface area (Å²) < 4.78 is 120. The quantitative estimate of drug-likeness (QED) is 0.333. The van der Waals surface area contributed by atoms with E-state index in [0.717, 1.165) is 17.3 Å². The van der Waals surface area contributed by atoms with E-state index in [9.17, 15) is 39.9 Å². The monoisotopic (exact) mass is 594 g/mol. The molecular weight excluding hydrogens is 577 g/mol. The van der Waals surface area contributed by atoms with E-state index in [4.69, 9.17) is 11.6 Å². The predicted octanol–water partition coefficient (Wildman–Crippen LogP) is 6.71. The number of rotatable bonds is 5. The second-order valence-corrected chi connectivity index (χ2v) is 11.2. The maximum Gasteiger partial charge on any atom is 0.431 e. The zero-order valence-corrected chi connectivity index (χ0v) is 21.3. The van der Waals surface area contributed by atoms with Gasteiger partial charge in [0.25, 0.3) is 5.60 Å². The average Bonchev–Trinajstić information content (AvgIpc) is 3.27. The molecule has 0 fully saturated rings. The van der Waals surface area contributed by atoms with Crippen molar-refractivity contribution in [2.45, 2.75) is 35.3 Å². The van der Waals surface area contributed by atoms with Crippen LogP contribution in [0.4, 0.5) is 36.4 Å². The molecule has 14 heteroatoms. The van der Waals surface area contributed by atoms with Crippen molar-refractivity contribution in [3.63, 3.8) is 0 Å². The van der Waals surface area contributed by atoms with Gasteiger partial charge in [-0.1, -0.05) is 48.0 Å². The van der Waals surface area contributed by atoms with Gasteiger partial charge in [0.2, 0.25) is 0 Å². The van der Waals surface area contributed by atoms with Gasteiger partial charge < -0.3 is 5.11 Å². The van der Waals surface area contributed by atoms with Gasteiger partial charge in [-0.25, -0.2) is 12.8 Å². The zero-order chi connectivity index (χ0) is 29.0. The summed E-state index contributed by atoms with van der Waals surface area (Å²) in [6, 6.07) is 12.9. The first-order valence-electron chi connectivity index (χ1n) is 11.0. The third-order valence-electron chi connectivity index (χ3n) is 6.22. The lowest BCUT2D eigenvalue weighted by molar-refractivity contribution is -0.338. The second-order valence-electron chi connectivity index (χ2n) is 8.80. The normalized spacial score (nSPS) is 16.9. The van der Waals surface area contributed by atoms with Gasteiger partial charge in [0.05, 0.1) is 27.4 Å². The van der Waals surface area contributed by atoms with E-state index < -0.39 is 51.8 Å². The van der Waals surface area contributed by atoms with Crippen LogP contribution in [0, 0.1) is 5.82 Å². The molecule has 3 aromatic carbocycles. The molecule has 5 nitrogen and oxygen atoms in total. The Hall–Kier alpha value is -3.16. The highest BCUT2D eigenvalue weighted by molar-refractivity contribution is 7.90. The molecule has 0 aliphatic carbocycles. The van der Waals surface area contributed by atoms with Gasteiger partial charge in [0.15, 0.2) is 9.84 Å². The van der Waals surface area contributed by atoms with Crippen molar-refractivity contribution in [1.82, 2.24) is 0 Å². The SMILES string of the molecule is CS(=O)(=O)c1ccc(-c2ccc(C3CC(C(O)(C(F)(F)F)C(F)(F)F)=NN3c3ccccc3Cl)cc2F)cc1. The van der Waals surface area contributed by atoms with Crippen LogP contribution in [0.3, 0.4) is 0 Å². The fraction of sp³-hybridized carbons (Fsp3) is 0.240. The van der Waals surface area contributed by atoms with Gasteiger partial charge in [-0.2, -0.15) is 31.4 Å². The molecule has 1 atom stereocenters. The lowest BCUT2D eigenvalue weighted by Gasteiger charge is -2.32. The summed E-state index contributed by atoms with van der Waals surface area (Å²) in [6.45, 7) is 0. The molecule has 1 heterocycles. The Morgan fingerprint density at radius 1 is 0.949 bits per heavy atom. The van der Waals surface area contributed by atoms with E-state index in [0.29, 0.717) is 0 Å². The summed E-state index contributed by atoms with van der Waals surface area (Å²) in [5.41, 5.74) is -6.71. The largest absolute Gasteiger partial charge is 0.431 e. The molecule has 0 bridgehead atoms. The number of halogens is 8. The van der Waals surface area contributed by atoms with Gasteiger partial charge in [0.1, 0.15) is 5.82 Å². The topological polar surface area (TPSA) is 70.0 Å². The highest BCUT2D eigenvalue weighted by atomic mass is 35.5. The van der Waals surface area contributed by atoms with Gasteiger partial charge >= 0.3 is 12.4 Å². The van der Waals surface area contributed by atoms with E-state index in [1.54, 1.807) is 0 Å². The Morgan fingerprint density at radius 3 is 2.05 bits per heavy atom. The molecule has 1 aliphatic rings. The summed E-state index contributed by atoms with van der Waals surface area (Å²) >= 11 is 6.15. The van der Waals surface area contributed by atoms with E-state index >= 15 is 4.39 Å². The maximum absolute atomic E-state index is 15.2. The summed E-state index contributed by atoms with van der Waals surface area (Å²) in [4.78, 5) is -0.00360. The van der Waals surface area contributed by atoms with Crippen LogP contribution in [0.25, 0.3) is 11.1 Å². The third kappa shape index (κ3) is 5.22. The molecule has 1 aliphatic heterocycles. The molecule has 0 spiro atoms. The summed E-state index contributed by atoms with van der Waals surface area (Å²) in [6.07, 6.45) is -12.4. The Morgan fingerprint density at radius 2 is 1.54 bits per heavy atom. The number of hydrogen-bond donors (Lipinski definition) is 1. The van der Waals surface area contributed by atoms with E-state index in [2.05, 4.69) is 5.10 Å². The van der Waals surface area contributed by atoms with Crippen LogP contribution in [0.5, 0.6) is 0 Å². The van der Waals surface area contributed by atoms with E-state index in [1.165, 1.54) is 60.7 Å². The molecule has 1 N–H and O–H groups in total. The number of alkyl halides is 6. The maximum atomic E-state index is 15.2. The number of nitrogens with zero attached hydrogens (tertiary/aromatic N) is 2. The lowest BCUT2D eigenvalue weighted by Crippen LogP contribution is -2.62. The Balaban J connectivity index is 1.79. The molecule has 3 aromatic rings. The Labute approximate surface area is 223 Å². The fourth-order valence-corrected chi connectivity index (χ4v) is 5.04. The number of anilines is 1. The first-order valence-corrected chi connectivity index (χ1v) is 13.3. The molecule has 4 rings (SSSR count). The van der Waals surface area contributed by atoms with Gasteiger partial charge in [-0.3, -0.25) is 5.01 Å². The number of hydrazone groups is 1. The van der Waals surface area contributed by atoms with Crippen LogP contribution >= 0.6 is 11.6 Å². The minimum Gasteiger partial charge on any atom is -0.369 e. The number of benzene rings is 3. The second kappa shape index (κ2) is 9.79. The minimum absolute atomic E-state index is 0.00360. The summed E-state index contributed by atoms with van der Waals surface area (Å²) in [5.74, 6) is -0.880. The van der Waals surface area contributed by atoms with Crippen molar-refractivity contribution in [3.05, 3.63) is 83.1 Å². The molecule has 1 unspecified atom stereocenters. The van der Waals surface area contributed by atoms with Crippen molar-refractivity contribution in [1.29, 1.82) is 0 Å². The van der Waals surface area contributed by atoms with Crippen LogP contribution < -0.4 is 5.01 Å². The van der Waals surface area contributed by atoms with Crippen LogP contribution in [-0.4, -0.2) is 43.4 Å².